The van der Waals surface area contributed by atoms with Crippen LogP contribution in [0.5, 0.6) is 0 Å². The first kappa shape index (κ1) is 54.4. The summed E-state index contributed by atoms with van der Waals surface area (Å²) in [6.07, 6.45) is -2.93. The third-order valence-electron chi connectivity index (χ3n) is 12.9. The normalized spacial score (nSPS) is 24.3. The first-order valence-electron chi connectivity index (χ1n) is 23.2. The SMILES string of the molecule is CCCN(C(=O)[C@H](CCOC)NC(=O)[C@@H]1CCCN1C(=O)C1(C(F)(F)F)CCCCC1)[C@H]1CCCCNC(=O)[C@@H](C)NC(=O)[C@H](Cc2cc(Cl)ccc2Cl)N(C)C(=O)[C@H](CC(C)C)NC1=O. The highest BCUT2D eigenvalue weighted by Gasteiger charge is 2.62. The van der Waals surface area contributed by atoms with Gasteiger partial charge in [-0.3, -0.25) is 33.6 Å². The molecule has 2 aliphatic heterocycles. The van der Waals surface area contributed by atoms with E-state index in [1.54, 1.807) is 25.1 Å². The molecular weight excluding hydrogens is 906 g/mol. The lowest BCUT2D eigenvalue weighted by Crippen LogP contribution is -2.61. The van der Waals surface area contributed by atoms with E-state index in [1.807, 2.05) is 13.8 Å². The van der Waals surface area contributed by atoms with Gasteiger partial charge in [-0.2, -0.15) is 13.2 Å². The lowest BCUT2D eigenvalue weighted by Gasteiger charge is -2.41. The number of halogens is 5. The van der Waals surface area contributed by atoms with Gasteiger partial charge in [0.2, 0.25) is 41.4 Å². The standard InChI is InChI=1S/C46H68Cl2F3N7O8/c1-7-22-57(43(64)33(18-24-66-6)54-40(61)36-15-13-23-58(36)44(65)45(46(49,50)51)19-10-8-11-20-45)35-14-9-12-21-52-38(59)29(4)53-41(62)37(27-30-26-31(47)16-17-32(30)48)56(5)42(63)34(25-28(2)3)55-39(35)60/h16-17,26,28-29,33-37H,7-15,18-25,27H2,1-6H3,(H,52,59)(H,53,62)(H,54,61)(H,55,60)/t29-,33+,34+,35+,36+,37+/m1/s1. The molecule has 2 heterocycles. The third-order valence-corrected chi connectivity index (χ3v) is 13.5. The molecule has 0 unspecified atom stereocenters. The molecule has 3 aliphatic rings. The van der Waals surface area contributed by atoms with Gasteiger partial charge >= 0.3 is 6.18 Å². The van der Waals surface area contributed by atoms with Crippen LogP contribution in [0.25, 0.3) is 0 Å². The van der Waals surface area contributed by atoms with Crippen LogP contribution in [0.15, 0.2) is 18.2 Å². The summed E-state index contributed by atoms with van der Waals surface area (Å²) in [6, 6.07) is -2.41. The third kappa shape index (κ3) is 13.7. The summed E-state index contributed by atoms with van der Waals surface area (Å²) in [4.78, 5) is 103. The van der Waals surface area contributed by atoms with Crippen LogP contribution >= 0.6 is 23.2 Å². The van der Waals surface area contributed by atoms with Gasteiger partial charge in [0, 0.05) is 56.9 Å². The Kier molecular flexibility index (Phi) is 20.4. The lowest BCUT2D eigenvalue weighted by molar-refractivity contribution is -0.236. The van der Waals surface area contributed by atoms with Crippen molar-refractivity contribution in [1.29, 1.82) is 0 Å². The number of carbonyl (C=O) groups is 7. The monoisotopic (exact) mass is 973 g/mol. The number of ether oxygens (including phenoxy) is 1. The largest absolute Gasteiger partial charge is 0.403 e. The van der Waals surface area contributed by atoms with Crippen LogP contribution in [0, 0.1) is 11.3 Å². The number of alkyl halides is 3. The molecule has 0 spiro atoms. The summed E-state index contributed by atoms with van der Waals surface area (Å²) >= 11 is 12.8. The Labute approximate surface area is 396 Å². The van der Waals surface area contributed by atoms with Gasteiger partial charge < -0.3 is 40.7 Å². The van der Waals surface area contributed by atoms with E-state index in [4.69, 9.17) is 27.9 Å². The number of nitrogens with one attached hydrogen (secondary N) is 4. The topological polar surface area (TPSA) is 187 Å². The maximum Gasteiger partial charge on any atom is 0.403 e. The van der Waals surface area contributed by atoms with Crippen molar-refractivity contribution in [1.82, 2.24) is 36.0 Å². The van der Waals surface area contributed by atoms with E-state index in [0.29, 0.717) is 47.7 Å². The molecule has 7 amide bonds. The van der Waals surface area contributed by atoms with Gasteiger partial charge in [-0.05, 0) is 101 Å². The Morgan fingerprint density at radius 2 is 1.67 bits per heavy atom. The van der Waals surface area contributed by atoms with Crippen molar-refractivity contribution >= 4 is 64.6 Å². The number of benzene rings is 1. The molecule has 0 aromatic heterocycles. The van der Waals surface area contributed by atoms with Crippen LogP contribution in [0.1, 0.15) is 117 Å². The van der Waals surface area contributed by atoms with E-state index in [1.165, 1.54) is 30.9 Å². The predicted octanol–water partition coefficient (Wildman–Crippen LogP) is 5.33. The highest BCUT2D eigenvalue weighted by molar-refractivity contribution is 6.33. The Morgan fingerprint density at radius 3 is 2.30 bits per heavy atom. The number of amides is 7. The molecule has 3 fully saturated rings. The highest BCUT2D eigenvalue weighted by atomic mass is 35.5. The fraction of sp³-hybridized carbons (Fsp3) is 0.717. The maximum absolute atomic E-state index is 14.8. The number of nitrogens with zero attached hydrogens (tertiary/aromatic N) is 3. The number of likely N-dealkylation sites (N-methyl/N-ethyl adjacent to an activating group) is 1. The molecule has 4 rings (SSSR count). The zero-order valence-electron chi connectivity index (χ0n) is 39.0. The molecule has 1 aromatic carbocycles. The Morgan fingerprint density at radius 1 is 0.970 bits per heavy atom. The van der Waals surface area contributed by atoms with Gasteiger partial charge in [0.05, 0.1) is 0 Å². The number of hydrogen-bond acceptors (Lipinski definition) is 8. The van der Waals surface area contributed by atoms with Crippen LogP contribution in [0.4, 0.5) is 13.2 Å². The van der Waals surface area contributed by atoms with Gasteiger partial charge in [0.1, 0.15) is 41.7 Å². The molecule has 0 bridgehead atoms. The van der Waals surface area contributed by atoms with Crippen molar-refractivity contribution in [2.75, 3.05) is 40.4 Å². The Balaban J connectivity index is 1.69. The van der Waals surface area contributed by atoms with Crippen molar-refractivity contribution < 1.29 is 51.5 Å². The maximum atomic E-state index is 14.8. The van der Waals surface area contributed by atoms with E-state index in [9.17, 15) is 46.7 Å². The minimum absolute atomic E-state index is 0.0113. The molecule has 0 radical (unpaired) electrons. The number of rotatable bonds is 14. The molecular formula is C46H68Cl2F3N7O8. The van der Waals surface area contributed by atoms with Crippen LogP contribution in [0.2, 0.25) is 10.0 Å². The minimum atomic E-state index is -4.81. The van der Waals surface area contributed by atoms with Crippen LogP contribution in [-0.2, 0) is 44.7 Å². The van der Waals surface area contributed by atoms with E-state index >= 15 is 0 Å². The molecule has 6 atom stereocenters. The van der Waals surface area contributed by atoms with Crippen LogP contribution in [0.3, 0.4) is 0 Å². The molecule has 66 heavy (non-hydrogen) atoms. The summed E-state index contributed by atoms with van der Waals surface area (Å²) in [5.74, 6) is -5.11. The van der Waals surface area contributed by atoms with E-state index in [0.717, 1.165) is 4.90 Å². The molecule has 20 heteroatoms. The highest BCUT2D eigenvalue weighted by Crippen LogP contribution is 2.51. The van der Waals surface area contributed by atoms with Crippen LogP contribution < -0.4 is 21.3 Å². The quantitative estimate of drug-likeness (QED) is 0.193. The summed E-state index contributed by atoms with van der Waals surface area (Å²) in [5, 5.41) is 11.8. The van der Waals surface area contributed by atoms with E-state index < -0.39 is 89.2 Å². The molecule has 370 valence electrons. The van der Waals surface area contributed by atoms with E-state index in [-0.39, 0.29) is 89.9 Å². The summed E-state index contributed by atoms with van der Waals surface area (Å²) in [6.45, 7) is 7.20. The molecule has 4 N–H and O–H groups in total. The van der Waals surface area contributed by atoms with Gasteiger partial charge in [0.15, 0.2) is 0 Å². The first-order chi connectivity index (χ1) is 31.2. The van der Waals surface area contributed by atoms with Crippen molar-refractivity contribution in [2.24, 2.45) is 11.3 Å². The van der Waals surface area contributed by atoms with Crippen LogP contribution in [-0.4, -0.2) is 139 Å². The number of carbonyl (C=O) groups excluding carboxylic acids is 7. The van der Waals surface area contributed by atoms with Gasteiger partial charge in [0.25, 0.3) is 0 Å². The predicted molar refractivity (Wildman–Crippen MR) is 243 cm³/mol. The second-order valence-electron chi connectivity index (χ2n) is 18.3. The second kappa shape index (κ2) is 24.7. The smallest absolute Gasteiger partial charge is 0.385 e. The number of methoxy groups -OCH3 is 1. The average molecular weight is 975 g/mol. The van der Waals surface area contributed by atoms with Gasteiger partial charge in [-0.25, -0.2) is 0 Å². The second-order valence-corrected chi connectivity index (χ2v) is 19.1. The number of hydrogen-bond donors (Lipinski definition) is 4. The number of likely N-dealkylation sites (tertiary alicyclic amines) is 1. The molecule has 1 saturated carbocycles. The zero-order valence-corrected chi connectivity index (χ0v) is 40.5. The van der Waals surface area contributed by atoms with Crippen molar-refractivity contribution in [2.45, 2.75) is 160 Å². The Hall–Kier alpha value is -4.16. The fourth-order valence-electron chi connectivity index (χ4n) is 9.26. The first-order valence-corrected chi connectivity index (χ1v) is 24.0. The Bertz CT molecular complexity index is 1880. The molecule has 1 aromatic rings. The minimum Gasteiger partial charge on any atom is -0.385 e. The lowest BCUT2D eigenvalue weighted by atomic mass is 9.72. The van der Waals surface area contributed by atoms with Crippen molar-refractivity contribution in [3.8, 4) is 0 Å². The van der Waals surface area contributed by atoms with Gasteiger partial charge in [-0.15, -0.1) is 0 Å². The summed E-state index contributed by atoms with van der Waals surface area (Å²) in [5.41, 5.74) is -2.12. The molecule has 1 aliphatic carbocycles. The fourth-order valence-corrected chi connectivity index (χ4v) is 9.65. The summed E-state index contributed by atoms with van der Waals surface area (Å²) < 4.78 is 49.3. The van der Waals surface area contributed by atoms with E-state index in [2.05, 4.69) is 21.3 Å². The molecule has 2 saturated heterocycles. The van der Waals surface area contributed by atoms with Gasteiger partial charge in [-0.1, -0.05) is 63.2 Å². The van der Waals surface area contributed by atoms with Crippen molar-refractivity contribution in [3.63, 3.8) is 0 Å². The molecule has 15 nitrogen and oxygen atoms in total. The average Bonchev–Trinajstić information content (AvgIpc) is 3.77. The van der Waals surface area contributed by atoms with Crippen molar-refractivity contribution in [3.05, 3.63) is 33.8 Å². The summed E-state index contributed by atoms with van der Waals surface area (Å²) in [7, 11) is 2.82. The zero-order chi connectivity index (χ0) is 48.9.